The quantitative estimate of drug-likeness (QED) is 0.820. The molecule has 1 aromatic heterocycles. The topological polar surface area (TPSA) is 85.7 Å². The van der Waals surface area contributed by atoms with Gasteiger partial charge < -0.3 is 19.7 Å². The number of hydrogen-bond acceptors (Lipinski definition) is 6. The highest BCUT2D eigenvalue weighted by atomic mass is 16.6. The van der Waals surface area contributed by atoms with Crippen molar-refractivity contribution >= 4 is 12.1 Å². The number of amides is 1. The SMILES string of the molecule is COC(=O)c1cc(C2CN(C(=O)OC(C)(C)C)CCN2)n(C)n1. The van der Waals surface area contributed by atoms with Crippen molar-refractivity contribution in [2.45, 2.75) is 32.4 Å². The van der Waals surface area contributed by atoms with Crippen LogP contribution in [0.15, 0.2) is 6.07 Å². The highest BCUT2D eigenvalue weighted by Gasteiger charge is 2.30. The maximum Gasteiger partial charge on any atom is 0.410 e. The van der Waals surface area contributed by atoms with Gasteiger partial charge in [-0.3, -0.25) is 4.68 Å². The molecule has 8 heteroatoms. The molecule has 0 spiro atoms. The van der Waals surface area contributed by atoms with Gasteiger partial charge in [0.05, 0.1) is 18.8 Å². The minimum absolute atomic E-state index is 0.118. The number of piperazine rings is 1. The van der Waals surface area contributed by atoms with Gasteiger partial charge in [-0.15, -0.1) is 0 Å². The van der Waals surface area contributed by atoms with E-state index < -0.39 is 11.6 Å². The summed E-state index contributed by atoms with van der Waals surface area (Å²) < 4.78 is 11.7. The van der Waals surface area contributed by atoms with Crippen LogP contribution in [-0.2, 0) is 16.5 Å². The van der Waals surface area contributed by atoms with Gasteiger partial charge in [0, 0.05) is 26.7 Å². The van der Waals surface area contributed by atoms with E-state index in [0.29, 0.717) is 19.6 Å². The number of aromatic nitrogens is 2. The summed E-state index contributed by atoms with van der Waals surface area (Å²) in [6.45, 7) is 7.20. The smallest absolute Gasteiger partial charge is 0.410 e. The average molecular weight is 324 g/mol. The second-order valence-corrected chi connectivity index (χ2v) is 6.50. The summed E-state index contributed by atoms with van der Waals surface area (Å²) in [5, 5.41) is 7.49. The molecule has 0 aliphatic carbocycles. The fraction of sp³-hybridized carbons (Fsp3) is 0.667. The van der Waals surface area contributed by atoms with Gasteiger partial charge in [-0.25, -0.2) is 9.59 Å². The third-order valence-corrected chi connectivity index (χ3v) is 3.49. The molecule has 2 rings (SSSR count). The largest absolute Gasteiger partial charge is 0.464 e. The molecule has 1 aliphatic rings. The van der Waals surface area contributed by atoms with Gasteiger partial charge in [0.1, 0.15) is 5.60 Å². The fourth-order valence-corrected chi connectivity index (χ4v) is 2.45. The number of nitrogens with zero attached hydrogens (tertiary/aromatic N) is 3. The summed E-state index contributed by atoms with van der Waals surface area (Å²) in [6, 6.07) is 1.56. The first-order valence-corrected chi connectivity index (χ1v) is 7.55. The third-order valence-electron chi connectivity index (χ3n) is 3.49. The number of carbonyl (C=O) groups is 2. The van der Waals surface area contributed by atoms with Gasteiger partial charge in [-0.2, -0.15) is 5.10 Å². The molecule has 0 saturated carbocycles. The van der Waals surface area contributed by atoms with Crippen LogP contribution >= 0.6 is 0 Å². The molecule has 128 valence electrons. The molecule has 1 unspecified atom stereocenters. The molecular formula is C15H24N4O4. The summed E-state index contributed by atoms with van der Waals surface area (Å²) in [5.41, 5.74) is 0.544. The molecule has 1 fully saturated rings. The Hall–Kier alpha value is -2.09. The number of hydrogen-bond donors (Lipinski definition) is 1. The first kappa shape index (κ1) is 17.3. The van der Waals surface area contributed by atoms with Crippen molar-refractivity contribution < 1.29 is 19.1 Å². The van der Waals surface area contributed by atoms with Gasteiger partial charge in [0.2, 0.25) is 0 Å². The van der Waals surface area contributed by atoms with E-state index in [1.54, 1.807) is 22.7 Å². The van der Waals surface area contributed by atoms with E-state index in [1.807, 2.05) is 20.8 Å². The van der Waals surface area contributed by atoms with E-state index in [9.17, 15) is 9.59 Å². The van der Waals surface area contributed by atoms with E-state index in [0.717, 1.165) is 5.69 Å². The summed E-state index contributed by atoms with van der Waals surface area (Å²) in [6.07, 6.45) is -0.334. The number of rotatable bonds is 2. The number of ether oxygens (including phenoxy) is 2. The van der Waals surface area contributed by atoms with Gasteiger partial charge in [0.15, 0.2) is 5.69 Å². The van der Waals surface area contributed by atoms with Crippen LogP contribution < -0.4 is 5.32 Å². The highest BCUT2D eigenvalue weighted by Crippen LogP contribution is 2.20. The van der Waals surface area contributed by atoms with Crippen molar-refractivity contribution in [3.05, 3.63) is 17.5 Å². The number of esters is 1. The minimum Gasteiger partial charge on any atom is -0.464 e. The average Bonchev–Trinajstić information content (AvgIpc) is 2.87. The Balaban J connectivity index is 2.11. The predicted octanol–water partition coefficient (Wildman–Crippen LogP) is 1.09. The van der Waals surface area contributed by atoms with E-state index in [1.165, 1.54) is 7.11 Å². The molecule has 1 aliphatic heterocycles. The first-order chi connectivity index (χ1) is 10.7. The van der Waals surface area contributed by atoms with Crippen LogP contribution in [0.3, 0.4) is 0 Å². The van der Waals surface area contributed by atoms with Gasteiger partial charge in [0.25, 0.3) is 0 Å². The van der Waals surface area contributed by atoms with Crippen molar-refractivity contribution in [2.75, 3.05) is 26.7 Å². The number of carbonyl (C=O) groups excluding carboxylic acids is 2. The maximum absolute atomic E-state index is 12.2. The minimum atomic E-state index is -0.526. The van der Waals surface area contributed by atoms with Gasteiger partial charge in [-0.1, -0.05) is 0 Å². The van der Waals surface area contributed by atoms with Crippen LogP contribution in [0.5, 0.6) is 0 Å². The number of aryl methyl sites for hydroxylation is 1. The van der Waals surface area contributed by atoms with Crippen molar-refractivity contribution in [3.63, 3.8) is 0 Å². The lowest BCUT2D eigenvalue weighted by Crippen LogP contribution is -2.50. The molecule has 2 heterocycles. The lowest BCUT2D eigenvalue weighted by atomic mass is 10.1. The normalized spacial score (nSPS) is 18.7. The lowest BCUT2D eigenvalue weighted by Gasteiger charge is -2.34. The predicted molar refractivity (Wildman–Crippen MR) is 83.1 cm³/mol. The van der Waals surface area contributed by atoms with Crippen LogP contribution in [0, 0.1) is 0 Å². The molecule has 8 nitrogen and oxygen atoms in total. The fourth-order valence-electron chi connectivity index (χ4n) is 2.45. The van der Waals surface area contributed by atoms with Crippen LogP contribution in [0.1, 0.15) is 43.0 Å². The van der Waals surface area contributed by atoms with Crippen molar-refractivity contribution in [1.82, 2.24) is 20.0 Å². The second kappa shape index (κ2) is 6.57. The third kappa shape index (κ3) is 4.22. The molecule has 0 bridgehead atoms. The summed E-state index contributed by atoms with van der Waals surface area (Å²) in [5.74, 6) is -0.480. The second-order valence-electron chi connectivity index (χ2n) is 6.50. The van der Waals surface area contributed by atoms with Crippen LogP contribution in [0.2, 0.25) is 0 Å². The Kier molecular flexibility index (Phi) is 4.93. The number of nitrogens with one attached hydrogen (secondary N) is 1. The Labute approximate surface area is 135 Å². The van der Waals surface area contributed by atoms with E-state index in [2.05, 4.69) is 15.2 Å². The Morgan fingerprint density at radius 3 is 2.70 bits per heavy atom. The molecule has 0 radical (unpaired) electrons. The van der Waals surface area contributed by atoms with Crippen LogP contribution in [0.4, 0.5) is 4.79 Å². The standard InChI is InChI=1S/C15H24N4O4/c1-15(2,3)23-14(21)19-7-6-16-11(9-19)12-8-10(13(20)22-5)17-18(12)4/h8,11,16H,6-7,9H2,1-5H3. The van der Waals surface area contributed by atoms with E-state index in [4.69, 9.17) is 4.74 Å². The first-order valence-electron chi connectivity index (χ1n) is 7.55. The summed E-state index contributed by atoms with van der Waals surface area (Å²) in [7, 11) is 3.08. The summed E-state index contributed by atoms with van der Waals surface area (Å²) >= 11 is 0. The molecule has 1 aromatic rings. The van der Waals surface area contributed by atoms with E-state index >= 15 is 0 Å². The molecule has 23 heavy (non-hydrogen) atoms. The van der Waals surface area contributed by atoms with Crippen LogP contribution in [0.25, 0.3) is 0 Å². The monoisotopic (exact) mass is 324 g/mol. The zero-order valence-electron chi connectivity index (χ0n) is 14.3. The van der Waals surface area contributed by atoms with Gasteiger partial charge in [-0.05, 0) is 26.8 Å². The molecule has 1 N–H and O–H groups in total. The van der Waals surface area contributed by atoms with Gasteiger partial charge >= 0.3 is 12.1 Å². The molecule has 1 amide bonds. The summed E-state index contributed by atoms with van der Waals surface area (Å²) in [4.78, 5) is 25.5. The maximum atomic E-state index is 12.2. The van der Waals surface area contributed by atoms with Crippen molar-refractivity contribution in [3.8, 4) is 0 Å². The molecule has 0 aromatic carbocycles. The Morgan fingerprint density at radius 1 is 1.39 bits per heavy atom. The Bertz CT molecular complexity index is 591. The molecule has 1 atom stereocenters. The zero-order chi connectivity index (χ0) is 17.2. The molecular weight excluding hydrogens is 300 g/mol. The Morgan fingerprint density at radius 2 is 2.09 bits per heavy atom. The lowest BCUT2D eigenvalue weighted by molar-refractivity contribution is 0.0192. The van der Waals surface area contributed by atoms with Crippen molar-refractivity contribution in [1.29, 1.82) is 0 Å². The van der Waals surface area contributed by atoms with Crippen molar-refractivity contribution in [2.24, 2.45) is 7.05 Å². The van der Waals surface area contributed by atoms with Crippen LogP contribution in [-0.4, -0.2) is 59.1 Å². The van der Waals surface area contributed by atoms with E-state index in [-0.39, 0.29) is 17.8 Å². The highest BCUT2D eigenvalue weighted by molar-refractivity contribution is 5.87. The molecule has 1 saturated heterocycles. The zero-order valence-corrected chi connectivity index (χ0v) is 14.3. The number of methoxy groups -OCH3 is 1.